The van der Waals surface area contributed by atoms with Crippen molar-refractivity contribution >= 4 is 16.4 Å². The van der Waals surface area contributed by atoms with E-state index in [-0.39, 0.29) is 5.56 Å². The minimum absolute atomic E-state index is 0.261. The van der Waals surface area contributed by atoms with Crippen LogP contribution in [0, 0.1) is 0 Å². The Balaban J connectivity index is 0.913. The fourth-order valence-corrected chi connectivity index (χ4v) is 9.27. The highest BCUT2D eigenvalue weighted by atomic mass is 16.1. The van der Waals surface area contributed by atoms with E-state index in [1.54, 1.807) is 6.07 Å². The Morgan fingerprint density at radius 2 is 0.881 bits per heavy atom. The topological polar surface area (TPSA) is 60.2 Å². The van der Waals surface area contributed by atoms with Crippen LogP contribution in [-0.2, 0) is 25.7 Å². The molecule has 5 nitrogen and oxygen atoms in total. The van der Waals surface area contributed by atoms with Gasteiger partial charge in [0, 0.05) is 41.2 Å². The lowest BCUT2D eigenvalue weighted by atomic mass is 9.89. The predicted molar refractivity (Wildman–Crippen MR) is 275 cm³/mol. The van der Waals surface area contributed by atoms with E-state index in [1.165, 1.54) is 33.4 Å². The van der Waals surface area contributed by atoms with Crippen LogP contribution in [0.2, 0.25) is 0 Å². The zero-order valence-electron chi connectivity index (χ0n) is 37.0. The molecule has 0 radical (unpaired) electrons. The van der Waals surface area contributed by atoms with Crippen LogP contribution in [-0.4, -0.2) is 19.4 Å². The molecule has 0 atom stereocenters. The molecule has 0 fully saturated rings. The lowest BCUT2D eigenvalue weighted by Crippen LogP contribution is -2.10. The second-order valence-electron chi connectivity index (χ2n) is 17.1. The fourth-order valence-electron chi connectivity index (χ4n) is 9.27. The van der Waals surface area contributed by atoms with Crippen molar-refractivity contribution in [1.29, 1.82) is 0 Å². The van der Waals surface area contributed by atoms with Crippen LogP contribution >= 0.6 is 0 Å². The maximum Gasteiger partial charge on any atom is 0.273 e. The summed E-state index contributed by atoms with van der Waals surface area (Å²) in [5, 5.41) is 1.95. The highest BCUT2D eigenvalue weighted by molar-refractivity contribution is 5.98. The van der Waals surface area contributed by atoms with Gasteiger partial charge in [-0.1, -0.05) is 170 Å². The minimum Gasteiger partial charge on any atom is -0.300 e. The molecule has 320 valence electrons. The van der Waals surface area contributed by atoms with Crippen molar-refractivity contribution in [2.75, 3.05) is 0 Å². The maximum atomic E-state index is 13.2. The van der Waals surface area contributed by atoms with E-state index < -0.39 is 0 Å². The van der Waals surface area contributed by atoms with Gasteiger partial charge in [-0.2, -0.15) is 4.98 Å². The van der Waals surface area contributed by atoms with E-state index >= 15 is 0 Å². The van der Waals surface area contributed by atoms with Gasteiger partial charge in [0.25, 0.3) is 5.56 Å². The molecule has 0 unspecified atom stereocenters. The van der Waals surface area contributed by atoms with Crippen LogP contribution in [0.3, 0.4) is 0 Å². The van der Waals surface area contributed by atoms with E-state index in [9.17, 15) is 4.79 Å². The molecule has 0 aliphatic heterocycles. The second-order valence-corrected chi connectivity index (χ2v) is 17.1. The molecule has 0 N–H and O–H groups in total. The molecule has 4 heterocycles. The van der Waals surface area contributed by atoms with E-state index in [4.69, 9.17) is 0 Å². The van der Waals surface area contributed by atoms with Gasteiger partial charge >= 0.3 is 0 Å². The number of hydrogen-bond acceptors (Lipinski definition) is 4. The SMILES string of the molecule is O=c1cc(-c2ccc(-c3ccccc3)cc2)n2ccc3cc(-c4ccccc4-c4cc(CCc5ccc(-c6ccccn6)cc5)cc(CCc5ccc(-c6ccccn6)cc5)c4)ccc3c2n1. The Hall–Kier alpha value is -8.54. The molecule has 7 aromatic carbocycles. The molecule has 67 heavy (non-hydrogen) atoms. The van der Waals surface area contributed by atoms with E-state index in [0.717, 1.165) is 92.5 Å². The third-order valence-corrected chi connectivity index (χ3v) is 12.8. The first-order valence-corrected chi connectivity index (χ1v) is 22.9. The average Bonchev–Trinajstić information content (AvgIpc) is 3.40. The van der Waals surface area contributed by atoms with Crippen molar-refractivity contribution in [1.82, 2.24) is 19.4 Å². The summed E-state index contributed by atoms with van der Waals surface area (Å²) in [6.45, 7) is 0. The maximum absolute atomic E-state index is 13.2. The highest BCUT2D eigenvalue weighted by Gasteiger charge is 2.14. The Morgan fingerprint density at radius 1 is 0.373 bits per heavy atom. The molecular formula is C62H46N4O. The Morgan fingerprint density at radius 3 is 1.48 bits per heavy atom. The summed E-state index contributed by atoms with van der Waals surface area (Å²) in [7, 11) is 0. The van der Waals surface area contributed by atoms with Crippen molar-refractivity contribution in [3.63, 3.8) is 0 Å². The smallest absolute Gasteiger partial charge is 0.273 e. The number of nitrogens with zero attached hydrogens (tertiary/aromatic N) is 4. The molecule has 11 aromatic rings. The Kier molecular flexibility index (Phi) is 11.4. The van der Waals surface area contributed by atoms with Crippen molar-refractivity contribution < 1.29 is 0 Å². The third-order valence-electron chi connectivity index (χ3n) is 12.8. The number of hydrogen-bond donors (Lipinski definition) is 0. The van der Waals surface area contributed by atoms with Gasteiger partial charge in [-0.3, -0.25) is 14.8 Å². The first kappa shape index (κ1) is 41.2. The van der Waals surface area contributed by atoms with Gasteiger partial charge in [0.05, 0.1) is 17.1 Å². The zero-order chi connectivity index (χ0) is 44.9. The van der Waals surface area contributed by atoms with Crippen LogP contribution in [0.4, 0.5) is 0 Å². The third kappa shape index (κ3) is 8.96. The number of pyridine rings is 3. The molecule has 0 saturated carbocycles. The van der Waals surface area contributed by atoms with Gasteiger partial charge in [-0.25, -0.2) is 0 Å². The zero-order valence-corrected chi connectivity index (χ0v) is 37.0. The van der Waals surface area contributed by atoms with Gasteiger partial charge in [0.1, 0.15) is 5.65 Å². The van der Waals surface area contributed by atoms with Crippen molar-refractivity contribution in [2.45, 2.75) is 25.7 Å². The molecule has 0 bridgehead atoms. The molecule has 0 saturated heterocycles. The number of aromatic nitrogens is 4. The largest absolute Gasteiger partial charge is 0.300 e. The van der Waals surface area contributed by atoms with Gasteiger partial charge in [-0.15, -0.1) is 0 Å². The summed E-state index contributed by atoms with van der Waals surface area (Å²) in [6, 6.07) is 74.6. The number of aryl methyl sites for hydroxylation is 4. The Bertz CT molecular complexity index is 3450. The van der Waals surface area contributed by atoms with Gasteiger partial charge in [-0.05, 0) is 129 Å². The monoisotopic (exact) mass is 862 g/mol. The van der Waals surface area contributed by atoms with Gasteiger partial charge in [0.2, 0.25) is 0 Å². The molecule has 0 spiro atoms. The van der Waals surface area contributed by atoms with Crippen LogP contribution in [0.15, 0.2) is 236 Å². The molecule has 11 rings (SSSR count). The molecule has 0 aliphatic carbocycles. The number of rotatable bonds is 12. The average molecular weight is 863 g/mol. The second kappa shape index (κ2) is 18.5. The summed E-state index contributed by atoms with van der Waals surface area (Å²) in [5.41, 5.74) is 18.5. The predicted octanol–water partition coefficient (Wildman–Crippen LogP) is 14.2. The highest BCUT2D eigenvalue weighted by Crippen LogP contribution is 2.36. The number of fused-ring (bicyclic) bond motifs is 3. The van der Waals surface area contributed by atoms with Crippen LogP contribution in [0.5, 0.6) is 0 Å². The fraction of sp³-hybridized carbons (Fsp3) is 0.0645. The van der Waals surface area contributed by atoms with Crippen molar-refractivity contribution in [3.8, 4) is 67.2 Å². The summed E-state index contributed by atoms with van der Waals surface area (Å²) in [6.07, 6.45) is 9.41. The van der Waals surface area contributed by atoms with Crippen molar-refractivity contribution in [3.05, 3.63) is 264 Å². The quantitative estimate of drug-likeness (QED) is 0.115. The molecule has 4 aromatic heterocycles. The Labute approximate surface area is 390 Å². The molecule has 0 aliphatic rings. The minimum atomic E-state index is -0.261. The summed E-state index contributed by atoms with van der Waals surface area (Å²) in [5.74, 6) is 0. The first-order chi connectivity index (χ1) is 33.1. The van der Waals surface area contributed by atoms with E-state index in [0.29, 0.717) is 5.65 Å². The van der Waals surface area contributed by atoms with Crippen LogP contribution < -0.4 is 5.56 Å². The summed E-state index contributed by atoms with van der Waals surface area (Å²) in [4.78, 5) is 26.9. The lowest BCUT2D eigenvalue weighted by Gasteiger charge is -2.16. The van der Waals surface area contributed by atoms with E-state index in [2.05, 4.69) is 179 Å². The van der Waals surface area contributed by atoms with Gasteiger partial charge in [0.15, 0.2) is 0 Å². The van der Waals surface area contributed by atoms with Crippen molar-refractivity contribution in [2.24, 2.45) is 0 Å². The lowest BCUT2D eigenvalue weighted by molar-refractivity contribution is 0.931. The normalized spacial score (nSPS) is 11.3. The van der Waals surface area contributed by atoms with Crippen LogP contribution in [0.1, 0.15) is 22.3 Å². The van der Waals surface area contributed by atoms with Gasteiger partial charge < -0.3 is 4.40 Å². The summed E-state index contributed by atoms with van der Waals surface area (Å²) >= 11 is 0. The molecule has 5 heteroatoms. The molecule has 0 amide bonds. The molecular weight excluding hydrogens is 817 g/mol. The van der Waals surface area contributed by atoms with Crippen LogP contribution in [0.25, 0.3) is 83.6 Å². The summed E-state index contributed by atoms with van der Waals surface area (Å²) < 4.78 is 2.03. The van der Waals surface area contributed by atoms with E-state index in [1.807, 2.05) is 65.5 Å². The standard InChI is InChI=1S/C62H46N4O/c67-61-42-60(51-30-28-48(29-31-51)47-10-2-1-3-11-47)66-37-34-53-41-52(32-33-57(53)62(66)65-61)55-12-4-5-13-56(55)54-39-45(18-16-43-20-24-49(25-21-43)58-14-6-8-35-63-58)38-46(40-54)19-17-44-22-26-50(27-23-44)59-15-7-9-36-64-59/h1-15,20-42H,16-19H2. The number of benzene rings is 7. The first-order valence-electron chi connectivity index (χ1n) is 22.9.